The van der Waals surface area contributed by atoms with Crippen molar-refractivity contribution in [3.8, 4) is 0 Å². The maximum Gasteiger partial charge on any atom is 0.347 e. The van der Waals surface area contributed by atoms with Crippen LogP contribution in [0.4, 0.5) is 0 Å². The fraction of sp³-hybridized carbons (Fsp3) is 0.636. The van der Waals surface area contributed by atoms with Crippen LogP contribution in [0.5, 0.6) is 0 Å². The fourth-order valence-corrected chi connectivity index (χ4v) is 3.27. The molecule has 0 bridgehead atoms. The summed E-state index contributed by atoms with van der Waals surface area (Å²) in [6, 6.07) is 0. The van der Waals surface area contributed by atoms with Crippen molar-refractivity contribution in [3.05, 3.63) is 15.6 Å². The minimum absolute atomic E-state index is 0.324. The Morgan fingerprint density at radius 2 is 2.06 bits per heavy atom. The van der Waals surface area contributed by atoms with E-state index in [1.807, 2.05) is 0 Å². The summed E-state index contributed by atoms with van der Waals surface area (Å²) in [4.78, 5) is 15.6. The van der Waals surface area contributed by atoms with Gasteiger partial charge in [0, 0.05) is 0 Å². The zero-order chi connectivity index (χ0) is 11.8. The van der Waals surface area contributed by atoms with Crippen LogP contribution in [0, 0.1) is 6.92 Å². The number of nitrogens with zero attached hydrogens (tertiary/aromatic N) is 1. The molecule has 2 rings (SSSR count). The summed E-state index contributed by atoms with van der Waals surface area (Å²) in [5.74, 6) is -0.902. The Bertz CT molecular complexity index is 408. The standard InChI is InChI=1S/C11H16N2O2S/c1-7-8(9(14)15)16-10(13-7)11(12)5-3-2-4-6-11/h2-6,12H2,1H3,(H,14,15). The molecule has 0 aliphatic heterocycles. The van der Waals surface area contributed by atoms with Crippen LogP contribution in [0.3, 0.4) is 0 Å². The average Bonchev–Trinajstić information content (AvgIpc) is 2.62. The molecule has 0 atom stereocenters. The van der Waals surface area contributed by atoms with Crippen LogP contribution in [-0.2, 0) is 5.54 Å². The quantitative estimate of drug-likeness (QED) is 0.831. The number of carbonyl (C=O) groups is 1. The van der Waals surface area contributed by atoms with Crippen molar-refractivity contribution in [1.29, 1.82) is 0 Å². The molecule has 1 saturated carbocycles. The highest BCUT2D eigenvalue weighted by Crippen LogP contribution is 2.37. The Morgan fingerprint density at radius 1 is 1.44 bits per heavy atom. The Labute approximate surface area is 98.5 Å². The van der Waals surface area contributed by atoms with Crippen molar-refractivity contribution in [2.75, 3.05) is 0 Å². The van der Waals surface area contributed by atoms with Gasteiger partial charge in [-0.2, -0.15) is 0 Å². The molecule has 5 heteroatoms. The van der Waals surface area contributed by atoms with Gasteiger partial charge in [-0.05, 0) is 19.8 Å². The molecule has 1 heterocycles. The normalized spacial score (nSPS) is 19.6. The third kappa shape index (κ3) is 1.97. The molecule has 1 aliphatic carbocycles. The highest BCUT2D eigenvalue weighted by molar-refractivity contribution is 7.13. The Morgan fingerprint density at radius 3 is 2.56 bits per heavy atom. The van der Waals surface area contributed by atoms with Gasteiger partial charge in [-0.1, -0.05) is 19.3 Å². The Hall–Kier alpha value is -0.940. The van der Waals surface area contributed by atoms with Gasteiger partial charge in [0.1, 0.15) is 9.88 Å². The second-order valence-corrected chi connectivity index (χ2v) is 5.45. The van der Waals surface area contributed by atoms with Gasteiger partial charge in [-0.3, -0.25) is 0 Å². The Balaban J connectivity index is 2.33. The maximum absolute atomic E-state index is 11.0. The maximum atomic E-state index is 11.0. The highest BCUT2D eigenvalue weighted by atomic mass is 32.1. The molecule has 4 nitrogen and oxygen atoms in total. The first-order chi connectivity index (χ1) is 7.53. The lowest BCUT2D eigenvalue weighted by atomic mass is 9.83. The van der Waals surface area contributed by atoms with Crippen molar-refractivity contribution in [3.63, 3.8) is 0 Å². The zero-order valence-electron chi connectivity index (χ0n) is 9.32. The zero-order valence-corrected chi connectivity index (χ0v) is 10.1. The minimum atomic E-state index is -0.902. The first-order valence-electron chi connectivity index (χ1n) is 5.53. The van der Waals surface area contributed by atoms with Gasteiger partial charge < -0.3 is 10.8 Å². The SMILES string of the molecule is Cc1nc(C2(N)CCCCC2)sc1C(=O)O. The number of aromatic nitrogens is 1. The number of aryl methyl sites for hydroxylation is 1. The summed E-state index contributed by atoms with van der Waals surface area (Å²) in [5, 5.41) is 9.78. The van der Waals surface area contributed by atoms with Crippen molar-refractivity contribution >= 4 is 17.3 Å². The number of thiazole rings is 1. The van der Waals surface area contributed by atoms with Crippen molar-refractivity contribution in [1.82, 2.24) is 4.98 Å². The van der Waals surface area contributed by atoms with E-state index >= 15 is 0 Å². The lowest BCUT2D eigenvalue weighted by Crippen LogP contribution is -2.38. The molecule has 3 N–H and O–H groups in total. The monoisotopic (exact) mass is 240 g/mol. The van der Waals surface area contributed by atoms with Crippen LogP contribution in [0.2, 0.25) is 0 Å². The van der Waals surface area contributed by atoms with E-state index in [1.54, 1.807) is 6.92 Å². The molecule has 1 aliphatic rings. The highest BCUT2D eigenvalue weighted by Gasteiger charge is 2.33. The van der Waals surface area contributed by atoms with E-state index in [-0.39, 0.29) is 5.54 Å². The molecule has 88 valence electrons. The average molecular weight is 240 g/mol. The predicted molar refractivity (Wildman–Crippen MR) is 62.8 cm³/mol. The summed E-state index contributed by atoms with van der Waals surface area (Å²) in [7, 11) is 0. The number of hydrogen-bond donors (Lipinski definition) is 2. The molecule has 1 aromatic rings. The molecule has 0 spiro atoms. The van der Waals surface area contributed by atoms with Gasteiger partial charge >= 0.3 is 5.97 Å². The summed E-state index contributed by atoms with van der Waals surface area (Å²) < 4.78 is 0. The number of carboxylic acids is 1. The van der Waals surface area contributed by atoms with Crippen LogP contribution in [0.25, 0.3) is 0 Å². The van der Waals surface area contributed by atoms with E-state index in [0.717, 1.165) is 30.7 Å². The third-order valence-electron chi connectivity index (χ3n) is 3.16. The van der Waals surface area contributed by atoms with Gasteiger partial charge in [0.05, 0.1) is 11.2 Å². The van der Waals surface area contributed by atoms with Gasteiger partial charge in [-0.15, -0.1) is 11.3 Å². The van der Waals surface area contributed by atoms with E-state index in [4.69, 9.17) is 10.8 Å². The first-order valence-corrected chi connectivity index (χ1v) is 6.35. The first kappa shape index (κ1) is 11.5. The number of rotatable bonds is 2. The summed E-state index contributed by atoms with van der Waals surface area (Å²) in [6.07, 6.45) is 5.27. The number of aromatic carboxylic acids is 1. The fourth-order valence-electron chi connectivity index (χ4n) is 2.20. The van der Waals surface area contributed by atoms with E-state index in [1.165, 1.54) is 17.8 Å². The predicted octanol–water partition coefficient (Wildman–Crippen LogP) is 2.27. The number of hydrogen-bond acceptors (Lipinski definition) is 4. The molecular formula is C11H16N2O2S. The summed E-state index contributed by atoms with van der Waals surface area (Å²) in [5.41, 5.74) is 6.52. The van der Waals surface area contributed by atoms with Gasteiger partial charge in [0.15, 0.2) is 0 Å². The minimum Gasteiger partial charge on any atom is -0.477 e. The molecule has 0 unspecified atom stereocenters. The van der Waals surface area contributed by atoms with E-state index in [0.29, 0.717) is 10.6 Å². The molecule has 1 aromatic heterocycles. The Kier molecular flexibility index (Phi) is 2.99. The molecule has 1 fully saturated rings. The topological polar surface area (TPSA) is 76.2 Å². The van der Waals surface area contributed by atoms with Crippen LogP contribution < -0.4 is 5.73 Å². The molecular weight excluding hydrogens is 224 g/mol. The van der Waals surface area contributed by atoms with Crippen LogP contribution in [-0.4, -0.2) is 16.1 Å². The second kappa shape index (κ2) is 4.14. The van der Waals surface area contributed by atoms with E-state index in [2.05, 4.69) is 4.98 Å². The number of carboxylic acid groups (broad SMARTS) is 1. The lowest BCUT2D eigenvalue weighted by molar-refractivity contribution is 0.0701. The van der Waals surface area contributed by atoms with Crippen LogP contribution in [0.15, 0.2) is 0 Å². The van der Waals surface area contributed by atoms with Gasteiger partial charge in [0.25, 0.3) is 0 Å². The summed E-state index contributed by atoms with van der Waals surface area (Å²) >= 11 is 1.24. The second-order valence-electron chi connectivity index (χ2n) is 4.46. The summed E-state index contributed by atoms with van der Waals surface area (Å²) in [6.45, 7) is 1.73. The molecule has 0 saturated heterocycles. The largest absolute Gasteiger partial charge is 0.477 e. The van der Waals surface area contributed by atoms with Crippen LogP contribution >= 0.6 is 11.3 Å². The van der Waals surface area contributed by atoms with Crippen molar-refractivity contribution < 1.29 is 9.90 Å². The van der Waals surface area contributed by atoms with E-state index < -0.39 is 5.97 Å². The smallest absolute Gasteiger partial charge is 0.347 e. The third-order valence-corrected chi connectivity index (χ3v) is 4.53. The van der Waals surface area contributed by atoms with Crippen LogP contribution in [0.1, 0.15) is 52.5 Å². The van der Waals surface area contributed by atoms with E-state index in [9.17, 15) is 4.79 Å². The van der Waals surface area contributed by atoms with Crippen molar-refractivity contribution in [2.45, 2.75) is 44.6 Å². The molecule has 0 amide bonds. The molecule has 0 radical (unpaired) electrons. The van der Waals surface area contributed by atoms with Gasteiger partial charge in [0.2, 0.25) is 0 Å². The lowest BCUT2D eigenvalue weighted by Gasteiger charge is -2.31. The van der Waals surface area contributed by atoms with Gasteiger partial charge in [-0.25, -0.2) is 9.78 Å². The molecule has 16 heavy (non-hydrogen) atoms. The van der Waals surface area contributed by atoms with Crippen molar-refractivity contribution in [2.24, 2.45) is 5.73 Å². The number of nitrogens with two attached hydrogens (primary N) is 1. The molecule has 0 aromatic carbocycles.